The molecule has 2 atom stereocenters. The second-order valence-corrected chi connectivity index (χ2v) is 5.20. The lowest BCUT2D eigenvalue weighted by Crippen LogP contribution is -2.41. The Bertz CT molecular complexity index is 436. The molecule has 1 heterocycles. The predicted molar refractivity (Wildman–Crippen MR) is 61.9 cm³/mol. The van der Waals surface area contributed by atoms with Crippen LogP contribution in [0.4, 0.5) is 0 Å². The van der Waals surface area contributed by atoms with Crippen LogP contribution in [-0.4, -0.2) is 44.1 Å². The first kappa shape index (κ1) is 11.9. The normalized spacial score (nSPS) is 23.7. The first-order valence-corrected chi connectivity index (χ1v) is 6.52. The number of nitrogens with zero attached hydrogens (tertiary/aromatic N) is 1. The molecule has 2 rings (SSSR count). The summed E-state index contributed by atoms with van der Waals surface area (Å²) in [6.45, 7) is 0. The van der Waals surface area contributed by atoms with E-state index in [0.717, 1.165) is 4.90 Å². The number of benzene rings is 1. The van der Waals surface area contributed by atoms with Gasteiger partial charge in [-0.25, -0.2) is 4.79 Å². The van der Waals surface area contributed by atoms with Crippen molar-refractivity contribution in [2.24, 2.45) is 0 Å². The molecule has 1 amide bonds. The summed E-state index contributed by atoms with van der Waals surface area (Å²) in [6, 6.07) is 7.42. The number of hydrogen-bond donors (Lipinski definition) is 1. The van der Waals surface area contributed by atoms with Crippen molar-refractivity contribution in [3.05, 3.63) is 35.9 Å². The maximum absolute atomic E-state index is 12.0. The SMILES string of the molecule is O=C(O)[C@@H]1C[S@@+]([O-])CN1C(=O)c1ccccc1. The summed E-state index contributed by atoms with van der Waals surface area (Å²) in [5.74, 6) is -1.50. The Morgan fingerprint density at radius 3 is 2.59 bits per heavy atom. The second kappa shape index (κ2) is 4.77. The van der Waals surface area contributed by atoms with Gasteiger partial charge in [-0.3, -0.25) is 9.69 Å². The molecule has 0 radical (unpaired) electrons. The Kier molecular flexibility index (Phi) is 3.35. The maximum atomic E-state index is 12.0. The average Bonchev–Trinajstić information content (AvgIpc) is 2.72. The van der Waals surface area contributed by atoms with Crippen molar-refractivity contribution in [2.75, 3.05) is 11.6 Å². The summed E-state index contributed by atoms with van der Waals surface area (Å²) in [6.07, 6.45) is 0. The molecule has 0 saturated carbocycles. The monoisotopic (exact) mass is 253 g/mol. The van der Waals surface area contributed by atoms with Gasteiger partial charge in [-0.15, -0.1) is 0 Å². The predicted octanol–water partition coefficient (Wildman–Crippen LogP) is 0.302. The van der Waals surface area contributed by atoms with Gasteiger partial charge in [0.05, 0.1) is 0 Å². The second-order valence-electron chi connectivity index (χ2n) is 3.73. The quantitative estimate of drug-likeness (QED) is 0.769. The van der Waals surface area contributed by atoms with Gasteiger partial charge in [0, 0.05) is 5.56 Å². The molecule has 0 bridgehead atoms. The molecule has 5 nitrogen and oxygen atoms in total. The minimum absolute atomic E-state index is 0.00784. The van der Waals surface area contributed by atoms with E-state index >= 15 is 0 Å². The Balaban J connectivity index is 2.22. The summed E-state index contributed by atoms with van der Waals surface area (Å²) < 4.78 is 11.4. The van der Waals surface area contributed by atoms with Crippen molar-refractivity contribution in [1.29, 1.82) is 0 Å². The van der Waals surface area contributed by atoms with Crippen molar-refractivity contribution in [3.63, 3.8) is 0 Å². The highest BCUT2D eigenvalue weighted by Crippen LogP contribution is 2.19. The van der Waals surface area contributed by atoms with Crippen LogP contribution in [-0.2, 0) is 16.0 Å². The van der Waals surface area contributed by atoms with Crippen LogP contribution in [0.2, 0.25) is 0 Å². The number of carbonyl (C=O) groups is 2. The average molecular weight is 253 g/mol. The summed E-state index contributed by atoms with van der Waals surface area (Å²) in [5, 5.41) is 8.97. The van der Waals surface area contributed by atoms with Gasteiger partial charge in [0.25, 0.3) is 5.91 Å². The van der Waals surface area contributed by atoms with E-state index in [9.17, 15) is 14.1 Å². The van der Waals surface area contributed by atoms with E-state index in [0.29, 0.717) is 5.56 Å². The molecule has 0 unspecified atom stereocenters. The van der Waals surface area contributed by atoms with Crippen molar-refractivity contribution < 1.29 is 19.2 Å². The Hall–Kier alpha value is -1.53. The third-order valence-electron chi connectivity index (χ3n) is 2.57. The lowest BCUT2D eigenvalue weighted by molar-refractivity contribution is -0.140. The fourth-order valence-corrected chi connectivity index (χ4v) is 3.10. The molecule has 0 aliphatic carbocycles. The Labute approximate surface area is 101 Å². The van der Waals surface area contributed by atoms with Crippen LogP contribution < -0.4 is 0 Å². The van der Waals surface area contributed by atoms with Crippen LogP contribution in [0.25, 0.3) is 0 Å². The van der Waals surface area contributed by atoms with Crippen molar-refractivity contribution in [3.8, 4) is 0 Å². The summed E-state index contributed by atoms with van der Waals surface area (Å²) >= 11 is -1.27. The van der Waals surface area contributed by atoms with Crippen molar-refractivity contribution in [1.82, 2.24) is 4.90 Å². The summed E-state index contributed by atoms with van der Waals surface area (Å²) in [4.78, 5) is 24.2. The minimum atomic E-state index is -1.27. The van der Waals surface area contributed by atoms with E-state index in [4.69, 9.17) is 5.11 Å². The molecule has 1 N–H and O–H groups in total. The molecular formula is C11H11NO4S. The largest absolute Gasteiger partial charge is 0.615 e. The fourth-order valence-electron chi connectivity index (χ4n) is 1.72. The third-order valence-corrected chi connectivity index (χ3v) is 3.82. The lowest BCUT2D eigenvalue weighted by atomic mass is 10.2. The highest BCUT2D eigenvalue weighted by molar-refractivity contribution is 7.91. The number of rotatable bonds is 2. The van der Waals surface area contributed by atoms with Crippen LogP contribution in [0.5, 0.6) is 0 Å². The van der Waals surface area contributed by atoms with Crippen LogP contribution in [0.1, 0.15) is 10.4 Å². The van der Waals surface area contributed by atoms with Crippen LogP contribution in [0, 0.1) is 0 Å². The smallest absolute Gasteiger partial charge is 0.331 e. The molecule has 0 spiro atoms. The van der Waals surface area contributed by atoms with Gasteiger partial charge >= 0.3 is 5.97 Å². The van der Waals surface area contributed by atoms with Crippen LogP contribution in [0.3, 0.4) is 0 Å². The zero-order valence-electron chi connectivity index (χ0n) is 8.91. The summed E-state index contributed by atoms with van der Waals surface area (Å²) in [5.41, 5.74) is 0.414. The standard InChI is InChI=1S/C11H11NO4S/c13-10(8-4-2-1-3-5-8)12-7-17(16)6-9(12)11(14)15/h1-5,9H,6-7H2,(H,14,15)/t9-,17+/m0/s1. The van der Waals surface area contributed by atoms with E-state index in [-0.39, 0.29) is 17.5 Å². The molecule has 1 aliphatic heterocycles. The lowest BCUT2D eigenvalue weighted by Gasteiger charge is -2.17. The van der Waals surface area contributed by atoms with E-state index < -0.39 is 23.2 Å². The van der Waals surface area contributed by atoms with E-state index in [1.54, 1.807) is 30.3 Å². The molecular weight excluding hydrogens is 242 g/mol. The zero-order valence-corrected chi connectivity index (χ0v) is 9.72. The van der Waals surface area contributed by atoms with Crippen LogP contribution in [0.15, 0.2) is 30.3 Å². The molecule has 1 aliphatic rings. The van der Waals surface area contributed by atoms with Gasteiger partial charge in [0.1, 0.15) is 5.75 Å². The van der Waals surface area contributed by atoms with Gasteiger partial charge in [-0.2, -0.15) is 0 Å². The highest BCUT2D eigenvalue weighted by Gasteiger charge is 2.42. The van der Waals surface area contributed by atoms with E-state index in [1.807, 2.05) is 0 Å². The molecule has 0 aromatic heterocycles. The zero-order chi connectivity index (χ0) is 12.4. The number of aliphatic carboxylic acids is 1. The molecule has 6 heteroatoms. The molecule has 1 aromatic carbocycles. The Morgan fingerprint density at radius 2 is 2.00 bits per heavy atom. The first-order chi connectivity index (χ1) is 8.09. The van der Waals surface area contributed by atoms with E-state index in [2.05, 4.69) is 0 Å². The molecule has 1 saturated heterocycles. The fraction of sp³-hybridized carbons (Fsp3) is 0.273. The number of hydrogen-bond acceptors (Lipinski definition) is 3. The van der Waals surface area contributed by atoms with Crippen molar-refractivity contribution in [2.45, 2.75) is 6.04 Å². The molecule has 17 heavy (non-hydrogen) atoms. The minimum Gasteiger partial charge on any atom is -0.615 e. The molecule has 1 fully saturated rings. The topological polar surface area (TPSA) is 80.7 Å². The summed E-state index contributed by atoms with van der Waals surface area (Å²) in [7, 11) is 0. The number of amides is 1. The third kappa shape index (κ3) is 2.42. The maximum Gasteiger partial charge on any atom is 0.331 e. The number of carboxylic acid groups (broad SMARTS) is 1. The molecule has 90 valence electrons. The first-order valence-electron chi connectivity index (χ1n) is 5.03. The van der Waals surface area contributed by atoms with Gasteiger partial charge in [0.2, 0.25) is 0 Å². The molecule has 1 aromatic rings. The van der Waals surface area contributed by atoms with Gasteiger partial charge in [-0.05, 0) is 23.3 Å². The van der Waals surface area contributed by atoms with Crippen LogP contribution >= 0.6 is 0 Å². The Morgan fingerprint density at radius 1 is 1.35 bits per heavy atom. The van der Waals surface area contributed by atoms with Gasteiger partial charge < -0.3 is 9.66 Å². The number of carboxylic acids is 1. The van der Waals surface area contributed by atoms with Crippen molar-refractivity contribution >= 4 is 23.1 Å². The van der Waals surface area contributed by atoms with Gasteiger partial charge in [0.15, 0.2) is 11.9 Å². The van der Waals surface area contributed by atoms with Gasteiger partial charge in [-0.1, -0.05) is 18.2 Å². The van der Waals surface area contributed by atoms with E-state index in [1.165, 1.54) is 0 Å². The number of carbonyl (C=O) groups excluding carboxylic acids is 1. The highest BCUT2D eigenvalue weighted by atomic mass is 32.2.